The lowest BCUT2D eigenvalue weighted by Crippen LogP contribution is -2.56. The minimum Gasteiger partial charge on any atom is -0.375 e. The first kappa shape index (κ1) is 52.8. The third-order valence-corrected chi connectivity index (χ3v) is 18.5. The average Bonchev–Trinajstić information content (AvgIpc) is 1.35. The fourth-order valence-corrected chi connectivity index (χ4v) is 15.0. The molecular formula is C82H62BN5. The van der Waals surface area contributed by atoms with E-state index in [1.54, 1.807) is 0 Å². The van der Waals surface area contributed by atoms with Gasteiger partial charge >= 0.3 is 6.85 Å². The summed E-state index contributed by atoms with van der Waals surface area (Å²) in [6.07, 6.45) is 0. The second-order valence-electron chi connectivity index (χ2n) is 24.3. The monoisotopic (exact) mass is 1130 g/mol. The predicted molar refractivity (Wildman–Crippen MR) is 370 cm³/mol. The van der Waals surface area contributed by atoms with E-state index in [0.29, 0.717) is 17.5 Å². The smallest absolute Gasteiger partial charge is 0.333 e. The molecule has 5 nitrogen and oxygen atoms in total. The molecule has 0 radical (unpaired) electrons. The van der Waals surface area contributed by atoms with E-state index in [-0.39, 0.29) is 6.85 Å². The molecule has 2 aromatic heterocycles. The fourth-order valence-electron chi connectivity index (χ4n) is 15.0. The normalized spacial score (nSPS) is 12.2. The Morgan fingerprint density at radius 1 is 0.318 bits per heavy atom. The standard InChI is InChI=1S/C82H62BN5/c1-49-37-51(3)75(52(4)38-49)61-35-36-72-68(45-61)69-46-65(76-53(5)39-50(2)40-54(76)6)47-70-77-55(7)67(60-31-22-32-62(41-60)82-85-80(58-27-16-10-17-28-58)84-81(86-82)59-29-18-11-19-30-59)48-74-78(77)83(88(72)79(69)70)71-33-20-21-34-73(71)87(74)66-43-63(56-23-12-8-13-24-56)42-64(44-66)57-25-14-9-15-26-57/h8-48H,1-7H3. The summed E-state index contributed by atoms with van der Waals surface area (Å²) in [7, 11) is 0. The summed E-state index contributed by atoms with van der Waals surface area (Å²) in [5.74, 6) is 1.88. The van der Waals surface area contributed by atoms with Crippen LogP contribution in [0.2, 0.25) is 0 Å². The number of aromatic nitrogens is 4. The van der Waals surface area contributed by atoms with Crippen molar-refractivity contribution in [3.63, 3.8) is 0 Å². The van der Waals surface area contributed by atoms with Crippen LogP contribution in [0, 0.1) is 48.5 Å². The number of aryl methyl sites for hydroxylation is 6. The Hall–Kier alpha value is -10.7. The van der Waals surface area contributed by atoms with E-state index < -0.39 is 0 Å². The van der Waals surface area contributed by atoms with Gasteiger partial charge in [-0.05, 0) is 209 Å². The predicted octanol–water partition coefficient (Wildman–Crippen LogP) is 19.9. The molecule has 0 spiro atoms. The van der Waals surface area contributed by atoms with Gasteiger partial charge in [-0.1, -0.05) is 199 Å². The maximum atomic E-state index is 5.26. The van der Waals surface area contributed by atoms with Crippen LogP contribution in [0.5, 0.6) is 0 Å². The van der Waals surface area contributed by atoms with Crippen LogP contribution in [0.15, 0.2) is 249 Å². The summed E-state index contributed by atoms with van der Waals surface area (Å²) in [6.45, 7) is 15.7. The minimum atomic E-state index is -0.171. The van der Waals surface area contributed by atoms with Crippen molar-refractivity contribution in [3.8, 4) is 101 Å². The van der Waals surface area contributed by atoms with Gasteiger partial charge in [0.2, 0.25) is 0 Å². The average molecular weight is 1130 g/mol. The van der Waals surface area contributed by atoms with Crippen LogP contribution in [0.4, 0.5) is 17.1 Å². The molecule has 0 fully saturated rings. The maximum Gasteiger partial charge on any atom is 0.333 e. The van der Waals surface area contributed by atoms with Crippen LogP contribution in [-0.2, 0) is 0 Å². The van der Waals surface area contributed by atoms with E-state index in [2.05, 4.69) is 270 Å². The second kappa shape index (κ2) is 20.8. The SMILES string of the molecule is Cc1cc(C)c(-c2ccc3c(c2)c2cc(-c4c(C)cc(C)cc4C)cc4c2n3B2c3ccccc3N(c3cc(-c5ccccc5)cc(-c5ccccc5)c3)c3cc(-c5cccc(-c6nc(-c7ccccc7)nc(-c7ccccc7)n6)c5)c(C)c-4c32)c(C)c1. The summed E-state index contributed by atoms with van der Waals surface area (Å²) in [5, 5.41) is 2.51. The molecule has 2 aliphatic heterocycles. The largest absolute Gasteiger partial charge is 0.375 e. The van der Waals surface area contributed by atoms with Crippen LogP contribution >= 0.6 is 0 Å². The van der Waals surface area contributed by atoms with Crippen LogP contribution in [0.1, 0.15) is 38.9 Å². The number of benzene rings is 12. The van der Waals surface area contributed by atoms with Crippen LogP contribution in [0.25, 0.3) is 123 Å². The van der Waals surface area contributed by atoms with Gasteiger partial charge in [0, 0.05) is 61.1 Å². The summed E-state index contributed by atoms with van der Waals surface area (Å²) in [5.41, 5.74) is 34.4. The second-order valence-corrected chi connectivity index (χ2v) is 24.3. The molecule has 0 bridgehead atoms. The molecular weight excluding hydrogens is 1070 g/mol. The lowest BCUT2D eigenvalue weighted by Gasteiger charge is -2.42. The summed E-state index contributed by atoms with van der Waals surface area (Å²) in [6, 6.07) is 91.6. The molecule has 0 atom stereocenters. The Balaban J connectivity index is 1.02. The van der Waals surface area contributed by atoms with Gasteiger partial charge in [-0.2, -0.15) is 0 Å². The number of fused-ring (bicyclic) bond motifs is 7. The van der Waals surface area contributed by atoms with Gasteiger partial charge < -0.3 is 9.38 Å². The fraction of sp³-hybridized carbons (Fsp3) is 0.0854. The zero-order chi connectivity index (χ0) is 59.5. The highest BCUT2D eigenvalue weighted by Crippen LogP contribution is 2.51. The van der Waals surface area contributed by atoms with Crippen molar-refractivity contribution in [3.05, 3.63) is 288 Å². The molecule has 2 aliphatic rings. The van der Waals surface area contributed by atoms with E-state index in [4.69, 9.17) is 15.0 Å². The molecule has 88 heavy (non-hydrogen) atoms. The Labute approximate surface area is 515 Å². The molecule has 0 N–H and O–H groups in total. The molecule has 14 aromatic rings. The third kappa shape index (κ3) is 8.65. The van der Waals surface area contributed by atoms with E-state index in [1.165, 1.54) is 105 Å². The minimum absolute atomic E-state index is 0.171. The Morgan fingerprint density at radius 2 is 0.795 bits per heavy atom. The highest BCUT2D eigenvalue weighted by atomic mass is 15.2. The molecule has 0 unspecified atom stereocenters. The summed E-state index contributed by atoms with van der Waals surface area (Å²) < 4.78 is 2.71. The zero-order valence-electron chi connectivity index (χ0n) is 50.5. The molecule has 6 heteroatoms. The topological polar surface area (TPSA) is 46.8 Å². The number of anilines is 3. The Bertz CT molecular complexity index is 5000. The van der Waals surface area contributed by atoms with Gasteiger partial charge in [-0.25, -0.2) is 15.0 Å². The van der Waals surface area contributed by atoms with E-state index in [0.717, 1.165) is 67.1 Å². The first-order chi connectivity index (χ1) is 43.0. The first-order valence-corrected chi connectivity index (χ1v) is 30.6. The van der Waals surface area contributed by atoms with Crippen molar-refractivity contribution in [2.24, 2.45) is 0 Å². The maximum absolute atomic E-state index is 5.26. The number of hydrogen-bond acceptors (Lipinski definition) is 4. The van der Waals surface area contributed by atoms with E-state index >= 15 is 0 Å². The summed E-state index contributed by atoms with van der Waals surface area (Å²) >= 11 is 0. The number of hydrogen-bond donors (Lipinski definition) is 0. The van der Waals surface area contributed by atoms with Crippen molar-refractivity contribution in [1.82, 2.24) is 19.4 Å². The van der Waals surface area contributed by atoms with Crippen LogP contribution < -0.4 is 15.8 Å². The molecule has 0 amide bonds. The number of rotatable bonds is 9. The van der Waals surface area contributed by atoms with Crippen molar-refractivity contribution in [1.29, 1.82) is 0 Å². The quantitative estimate of drug-likeness (QED) is 0.135. The first-order valence-electron chi connectivity index (χ1n) is 30.6. The van der Waals surface area contributed by atoms with Gasteiger partial charge in [0.15, 0.2) is 17.5 Å². The van der Waals surface area contributed by atoms with Gasteiger partial charge in [0.25, 0.3) is 0 Å². The van der Waals surface area contributed by atoms with Crippen LogP contribution in [-0.4, -0.2) is 26.3 Å². The van der Waals surface area contributed by atoms with Gasteiger partial charge in [-0.15, -0.1) is 0 Å². The third-order valence-electron chi connectivity index (χ3n) is 18.5. The Kier molecular flexibility index (Phi) is 12.5. The number of nitrogens with zero attached hydrogens (tertiary/aromatic N) is 5. The van der Waals surface area contributed by atoms with Gasteiger partial charge in [0.1, 0.15) is 0 Å². The van der Waals surface area contributed by atoms with E-state index in [1.807, 2.05) is 36.4 Å². The Morgan fingerprint density at radius 3 is 1.38 bits per heavy atom. The molecule has 0 aliphatic carbocycles. The molecule has 0 saturated heterocycles. The van der Waals surface area contributed by atoms with E-state index in [9.17, 15) is 0 Å². The molecule has 418 valence electrons. The highest BCUT2D eigenvalue weighted by Gasteiger charge is 2.44. The van der Waals surface area contributed by atoms with Crippen molar-refractivity contribution >= 4 is 56.6 Å². The van der Waals surface area contributed by atoms with Crippen molar-refractivity contribution in [2.45, 2.75) is 48.5 Å². The number of para-hydroxylation sites is 1. The van der Waals surface area contributed by atoms with Crippen molar-refractivity contribution < 1.29 is 0 Å². The van der Waals surface area contributed by atoms with Gasteiger partial charge in [0.05, 0.1) is 0 Å². The lowest BCUT2D eigenvalue weighted by molar-refractivity contribution is 1.07. The highest BCUT2D eigenvalue weighted by molar-refractivity contribution is 6.90. The van der Waals surface area contributed by atoms with Gasteiger partial charge in [-0.3, -0.25) is 0 Å². The van der Waals surface area contributed by atoms with Crippen LogP contribution in [0.3, 0.4) is 0 Å². The molecule has 4 heterocycles. The molecule has 0 saturated carbocycles. The molecule has 12 aromatic carbocycles. The molecule has 16 rings (SSSR count). The lowest BCUT2D eigenvalue weighted by atomic mass is 9.44. The zero-order valence-corrected chi connectivity index (χ0v) is 50.5. The summed E-state index contributed by atoms with van der Waals surface area (Å²) in [4.78, 5) is 18.2. The van der Waals surface area contributed by atoms with Crippen molar-refractivity contribution in [2.75, 3.05) is 4.90 Å².